The van der Waals surface area contributed by atoms with Gasteiger partial charge in [0.2, 0.25) is 5.91 Å². The van der Waals surface area contributed by atoms with E-state index in [0.29, 0.717) is 6.42 Å². The molecule has 0 aliphatic carbocycles. The minimum Gasteiger partial charge on any atom is -0.346 e. The number of nitrogens with one attached hydrogen (secondary N) is 2. The minimum absolute atomic E-state index is 0.0703. The molecule has 5 heteroatoms. The van der Waals surface area contributed by atoms with Gasteiger partial charge < -0.3 is 10.3 Å². The molecule has 0 radical (unpaired) electrons. The molecule has 3 rings (SSSR count). The van der Waals surface area contributed by atoms with E-state index in [1.165, 1.54) is 5.56 Å². The number of thioether (sulfide) groups is 1. The van der Waals surface area contributed by atoms with Crippen LogP contribution in [0.1, 0.15) is 36.7 Å². The van der Waals surface area contributed by atoms with Crippen LogP contribution in [0.4, 0.5) is 0 Å². The molecular weight excluding hydrogens is 342 g/mol. The van der Waals surface area contributed by atoms with E-state index in [0.717, 1.165) is 41.9 Å². The number of carbonyl (C=O) groups excluding carboxylic acids is 1. The van der Waals surface area contributed by atoms with E-state index in [1.54, 1.807) is 11.8 Å². The van der Waals surface area contributed by atoms with Gasteiger partial charge in [0.1, 0.15) is 5.82 Å². The van der Waals surface area contributed by atoms with E-state index in [1.807, 2.05) is 42.5 Å². The van der Waals surface area contributed by atoms with Crippen molar-refractivity contribution in [2.24, 2.45) is 0 Å². The number of aromatic nitrogens is 2. The fraction of sp³-hybridized carbons (Fsp3) is 0.333. The van der Waals surface area contributed by atoms with E-state index < -0.39 is 0 Å². The van der Waals surface area contributed by atoms with Gasteiger partial charge in [0.25, 0.3) is 0 Å². The molecule has 26 heavy (non-hydrogen) atoms. The number of aryl methyl sites for hydroxylation is 1. The van der Waals surface area contributed by atoms with Crippen LogP contribution in [0.5, 0.6) is 0 Å². The van der Waals surface area contributed by atoms with Crippen LogP contribution in [0, 0.1) is 0 Å². The zero-order valence-electron chi connectivity index (χ0n) is 15.1. The van der Waals surface area contributed by atoms with Crippen molar-refractivity contribution < 1.29 is 4.79 Å². The van der Waals surface area contributed by atoms with Crippen molar-refractivity contribution in [3.63, 3.8) is 0 Å². The Labute approximate surface area is 158 Å². The summed E-state index contributed by atoms with van der Waals surface area (Å²) in [5.41, 5.74) is 3.22. The van der Waals surface area contributed by atoms with Crippen LogP contribution in [0.2, 0.25) is 0 Å². The van der Waals surface area contributed by atoms with Crippen molar-refractivity contribution in [2.45, 2.75) is 31.7 Å². The predicted octanol–water partition coefficient (Wildman–Crippen LogP) is 4.50. The molecule has 0 fully saturated rings. The molecule has 0 aliphatic rings. The van der Waals surface area contributed by atoms with Crippen molar-refractivity contribution in [1.29, 1.82) is 0 Å². The molecular formula is C21H25N3OS. The number of aromatic amines is 1. The van der Waals surface area contributed by atoms with Gasteiger partial charge in [0.05, 0.1) is 17.1 Å². The lowest BCUT2D eigenvalue weighted by molar-refractivity contribution is -0.122. The molecule has 0 spiro atoms. The number of para-hydroxylation sites is 2. The molecule has 1 aromatic heterocycles. The number of nitrogens with zero attached hydrogens (tertiary/aromatic N) is 1. The molecule has 1 heterocycles. The number of benzene rings is 2. The molecule has 1 atom stereocenters. The zero-order valence-corrected chi connectivity index (χ0v) is 15.9. The molecule has 1 amide bonds. The van der Waals surface area contributed by atoms with Crippen molar-refractivity contribution in [3.05, 3.63) is 66.0 Å². The Kier molecular flexibility index (Phi) is 6.72. The smallest absolute Gasteiger partial charge is 0.220 e. The molecule has 0 saturated heterocycles. The third kappa shape index (κ3) is 5.11. The molecule has 3 aromatic rings. The molecule has 4 nitrogen and oxygen atoms in total. The number of hydrogen-bond acceptors (Lipinski definition) is 3. The lowest BCUT2D eigenvalue weighted by Crippen LogP contribution is -2.29. The molecule has 136 valence electrons. The maximum atomic E-state index is 12.4. The molecule has 0 aliphatic heterocycles. The Bertz CT molecular complexity index is 798. The van der Waals surface area contributed by atoms with Crippen LogP contribution in [-0.2, 0) is 11.2 Å². The minimum atomic E-state index is -0.0703. The highest BCUT2D eigenvalue weighted by atomic mass is 32.2. The first-order valence-electron chi connectivity index (χ1n) is 9.03. The Morgan fingerprint density at radius 2 is 1.92 bits per heavy atom. The summed E-state index contributed by atoms with van der Waals surface area (Å²) in [4.78, 5) is 20.5. The lowest BCUT2D eigenvalue weighted by atomic mass is 10.1. The monoisotopic (exact) mass is 367 g/mol. The second-order valence-electron chi connectivity index (χ2n) is 6.38. The van der Waals surface area contributed by atoms with Crippen LogP contribution < -0.4 is 5.32 Å². The summed E-state index contributed by atoms with van der Waals surface area (Å²) >= 11 is 1.78. The van der Waals surface area contributed by atoms with Crippen molar-refractivity contribution in [2.75, 3.05) is 12.0 Å². The van der Waals surface area contributed by atoms with Gasteiger partial charge in [0, 0.05) is 6.42 Å². The van der Waals surface area contributed by atoms with Crippen LogP contribution in [0.3, 0.4) is 0 Å². The summed E-state index contributed by atoms with van der Waals surface area (Å²) in [6.45, 7) is 0. The van der Waals surface area contributed by atoms with E-state index in [-0.39, 0.29) is 11.9 Å². The van der Waals surface area contributed by atoms with Crippen LogP contribution in [-0.4, -0.2) is 27.9 Å². The Hall–Kier alpha value is -2.27. The van der Waals surface area contributed by atoms with Gasteiger partial charge in [-0.05, 0) is 49.0 Å². The van der Waals surface area contributed by atoms with Crippen LogP contribution in [0.15, 0.2) is 54.6 Å². The standard InChI is InChI=1S/C21H25N3OS/c1-26-15-14-19(21-23-17-11-5-6-12-18(17)24-21)22-20(25)13-7-10-16-8-3-2-4-9-16/h2-6,8-9,11-12,19H,7,10,13-15H2,1H3,(H,22,25)(H,23,24). The highest BCUT2D eigenvalue weighted by molar-refractivity contribution is 7.98. The quantitative estimate of drug-likeness (QED) is 0.585. The first-order valence-corrected chi connectivity index (χ1v) is 10.4. The average molecular weight is 368 g/mol. The fourth-order valence-electron chi connectivity index (χ4n) is 3.01. The molecule has 2 aromatic carbocycles. The summed E-state index contributed by atoms with van der Waals surface area (Å²) in [7, 11) is 0. The topological polar surface area (TPSA) is 57.8 Å². The Balaban J connectivity index is 1.59. The maximum absolute atomic E-state index is 12.4. The fourth-order valence-corrected chi connectivity index (χ4v) is 3.49. The SMILES string of the molecule is CSCCC(NC(=O)CCCc1ccccc1)c1nc2ccccc2[nH]1. The van der Waals surface area contributed by atoms with E-state index in [2.05, 4.69) is 33.7 Å². The number of rotatable bonds is 9. The van der Waals surface area contributed by atoms with E-state index in [4.69, 9.17) is 0 Å². The van der Waals surface area contributed by atoms with Gasteiger partial charge in [-0.3, -0.25) is 4.79 Å². The number of amides is 1. The van der Waals surface area contributed by atoms with Gasteiger partial charge in [-0.15, -0.1) is 0 Å². The van der Waals surface area contributed by atoms with Crippen molar-refractivity contribution in [1.82, 2.24) is 15.3 Å². The predicted molar refractivity (Wildman–Crippen MR) is 109 cm³/mol. The number of carbonyl (C=O) groups is 1. The van der Waals surface area contributed by atoms with Gasteiger partial charge in [0.15, 0.2) is 0 Å². The summed E-state index contributed by atoms with van der Waals surface area (Å²) in [5.74, 6) is 1.91. The number of imidazole rings is 1. The summed E-state index contributed by atoms with van der Waals surface area (Å²) in [5, 5.41) is 3.17. The normalized spacial score (nSPS) is 12.2. The number of H-pyrrole nitrogens is 1. The van der Waals surface area contributed by atoms with Crippen molar-refractivity contribution in [3.8, 4) is 0 Å². The third-order valence-electron chi connectivity index (χ3n) is 4.40. The Morgan fingerprint density at radius 1 is 1.15 bits per heavy atom. The first kappa shape index (κ1) is 18.5. The summed E-state index contributed by atoms with van der Waals surface area (Å²) < 4.78 is 0. The molecule has 0 saturated carbocycles. The number of fused-ring (bicyclic) bond motifs is 1. The summed E-state index contributed by atoms with van der Waals surface area (Å²) in [6, 6.07) is 18.2. The van der Waals surface area contributed by atoms with Gasteiger partial charge in [-0.25, -0.2) is 4.98 Å². The molecule has 1 unspecified atom stereocenters. The second kappa shape index (κ2) is 9.43. The average Bonchev–Trinajstić information content (AvgIpc) is 3.10. The first-order chi connectivity index (χ1) is 12.8. The van der Waals surface area contributed by atoms with E-state index >= 15 is 0 Å². The highest BCUT2D eigenvalue weighted by Crippen LogP contribution is 2.20. The lowest BCUT2D eigenvalue weighted by Gasteiger charge is -2.16. The van der Waals surface area contributed by atoms with Gasteiger partial charge in [-0.1, -0.05) is 42.5 Å². The van der Waals surface area contributed by atoms with E-state index in [9.17, 15) is 4.79 Å². The highest BCUT2D eigenvalue weighted by Gasteiger charge is 2.18. The second-order valence-corrected chi connectivity index (χ2v) is 7.37. The van der Waals surface area contributed by atoms with Crippen molar-refractivity contribution >= 4 is 28.7 Å². The molecule has 2 N–H and O–H groups in total. The van der Waals surface area contributed by atoms with Crippen LogP contribution in [0.25, 0.3) is 11.0 Å². The maximum Gasteiger partial charge on any atom is 0.220 e. The number of hydrogen-bond donors (Lipinski definition) is 2. The largest absolute Gasteiger partial charge is 0.346 e. The van der Waals surface area contributed by atoms with Crippen LogP contribution >= 0.6 is 11.8 Å². The van der Waals surface area contributed by atoms with Gasteiger partial charge in [-0.2, -0.15) is 11.8 Å². The third-order valence-corrected chi connectivity index (χ3v) is 5.04. The zero-order chi connectivity index (χ0) is 18.2. The molecule has 0 bridgehead atoms. The Morgan fingerprint density at radius 3 is 2.69 bits per heavy atom. The summed E-state index contributed by atoms with van der Waals surface area (Å²) in [6.07, 6.45) is 5.26. The van der Waals surface area contributed by atoms with Gasteiger partial charge >= 0.3 is 0 Å².